The van der Waals surface area contributed by atoms with Gasteiger partial charge in [-0.05, 0) is 35.9 Å². The van der Waals surface area contributed by atoms with Crippen LogP contribution in [0.3, 0.4) is 0 Å². The molecule has 0 spiro atoms. The molecule has 0 aliphatic carbocycles. The van der Waals surface area contributed by atoms with Crippen LogP contribution in [0.25, 0.3) is 0 Å². The van der Waals surface area contributed by atoms with Crippen LogP contribution in [-0.2, 0) is 24.1 Å². The molecule has 9 heteroatoms. The first-order valence-electron chi connectivity index (χ1n) is 8.92. The first-order valence-corrected chi connectivity index (χ1v) is 8.92. The van der Waals surface area contributed by atoms with E-state index < -0.39 is 29.2 Å². The Morgan fingerprint density at radius 2 is 1.55 bits per heavy atom. The van der Waals surface area contributed by atoms with Gasteiger partial charge in [0, 0.05) is 50.8 Å². The van der Waals surface area contributed by atoms with Gasteiger partial charge in [0.15, 0.2) is 0 Å². The molecule has 0 aromatic heterocycles. The molecule has 0 radical (unpaired) electrons. The molecule has 0 saturated carbocycles. The van der Waals surface area contributed by atoms with Crippen molar-refractivity contribution in [2.45, 2.75) is 25.7 Å². The number of alkyl halides is 3. The second-order valence-electron chi connectivity index (χ2n) is 6.92. The smallest absolute Gasteiger partial charge is 0.337 e. The van der Waals surface area contributed by atoms with Gasteiger partial charge in [-0.3, -0.25) is 9.69 Å². The highest BCUT2D eigenvalue weighted by Gasteiger charge is 2.31. The quantitative estimate of drug-likeness (QED) is 0.692. The van der Waals surface area contributed by atoms with E-state index in [0.717, 1.165) is 12.1 Å². The highest BCUT2D eigenvalue weighted by atomic mass is 19.4. The number of amides is 1. The zero-order chi connectivity index (χ0) is 21.2. The number of benzene rings is 2. The molecule has 0 atom stereocenters. The van der Waals surface area contributed by atoms with Crippen LogP contribution in [0.15, 0.2) is 36.4 Å². The second kappa shape index (κ2) is 8.44. The SMILES string of the molecule is O=C1CCN(Cc2cc(F)cc(F)c2)CCN1Cc1cc(C(F)(F)F)ccc1F. The maximum atomic E-state index is 14.0. The van der Waals surface area contributed by atoms with Gasteiger partial charge in [-0.1, -0.05) is 0 Å². The lowest BCUT2D eigenvalue weighted by atomic mass is 10.1. The predicted molar refractivity (Wildman–Crippen MR) is 93.1 cm³/mol. The van der Waals surface area contributed by atoms with Crippen molar-refractivity contribution in [3.05, 3.63) is 70.5 Å². The Morgan fingerprint density at radius 1 is 0.862 bits per heavy atom. The van der Waals surface area contributed by atoms with Gasteiger partial charge in [0.1, 0.15) is 17.5 Å². The summed E-state index contributed by atoms with van der Waals surface area (Å²) in [6.07, 6.45) is -4.54. The van der Waals surface area contributed by atoms with Gasteiger partial charge in [-0.15, -0.1) is 0 Å². The van der Waals surface area contributed by atoms with E-state index in [1.54, 1.807) is 0 Å². The molecule has 3 nitrogen and oxygen atoms in total. The van der Waals surface area contributed by atoms with Gasteiger partial charge in [-0.25, -0.2) is 13.2 Å². The van der Waals surface area contributed by atoms with E-state index in [-0.39, 0.29) is 37.5 Å². The number of hydrogen-bond donors (Lipinski definition) is 0. The minimum atomic E-state index is -4.61. The molecule has 0 N–H and O–H groups in total. The van der Waals surface area contributed by atoms with Gasteiger partial charge in [0.05, 0.1) is 5.56 Å². The molecule has 0 bridgehead atoms. The van der Waals surface area contributed by atoms with Crippen molar-refractivity contribution < 1.29 is 31.1 Å². The molecular formula is C20H18F6N2O. The van der Waals surface area contributed by atoms with E-state index in [9.17, 15) is 31.1 Å². The van der Waals surface area contributed by atoms with Crippen LogP contribution in [-0.4, -0.2) is 35.3 Å². The van der Waals surface area contributed by atoms with Crippen molar-refractivity contribution in [3.63, 3.8) is 0 Å². The third-order valence-corrected chi connectivity index (χ3v) is 4.74. The topological polar surface area (TPSA) is 23.6 Å². The van der Waals surface area contributed by atoms with Crippen molar-refractivity contribution in [2.75, 3.05) is 19.6 Å². The molecule has 2 aromatic rings. The molecule has 1 fully saturated rings. The maximum Gasteiger partial charge on any atom is 0.416 e. The zero-order valence-electron chi connectivity index (χ0n) is 15.3. The molecule has 1 aliphatic rings. The predicted octanol–water partition coefficient (Wildman–Crippen LogP) is 4.36. The summed E-state index contributed by atoms with van der Waals surface area (Å²) in [5.74, 6) is -2.54. The summed E-state index contributed by atoms with van der Waals surface area (Å²) in [5, 5.41) is 0. The Bertz CT molecular complexity index is 879. The summed E-state index contributed by atoms with van der Waals surface area (Å²) in [7, 11) is 0. The van der Waals surface area contributed by atoms with Crippen LogP contribution in [0.2, 0.25) is 0 Å². The highest BCUT2D eigenvalue weighted by molar-refractivity contribution is 5.76. The van der Waals surface area contributed by atoms with E-state index in [0.29, 0.717) is 30.8 Å². The van der Waals surface area contributed by atoms with Gasteiger partial charge in [0.25, 0.3) is 0 Å². The maximum absolute atomic E-state index is 14.0. The lowest BCUT2D eigenvalue weighted by Gasteiger charge is -2.23. The van der Waals surface area contributed by atoms with Crippen LogP contribution >= 0.6 is 0 Å². The van der Waals surface area contributed by atoms with Crippen LogP contribution in [0.1, 0.15) is 23.1 Å². The van der Waals surface area contributed by atoms with Gasteiger partial charge in [-0.2, -0.15) is 13.2 Å². The Labute approximate surface area is 163 Å². The van der Waals surface area contributed by atoms with Crippen LogP contribution in [0, 0.1) is 17.5 Å². The first kappa shape index (κ1) is 21.2. The number of carbonyl (C=O) groups is 1. The Kier molecular flexibility index (Phi) is 6.16. The molecule has 1 amide bonds. The minimum Gasteiger partial charge on any atom is -0.337 e. The average molecular weight is 416 g/mol. The van der Waals surface area contributed by atoms with E-state index in [1.807, 2.05) is 4.90 Å². The Balaban J connectivity index is 1.69. The van der Waals surface area contributed by atoms with Crippen LogP contribution in [0.5, 0.6) is 0 Å². The Hall–Kier alpha value is -2.55. The molecule has 156 valence electrons. The molecule has 1 aliphatic heterocycles. The zero-order valence-corrected chi connectivity index (χ0v) is 15.3. The third-order valence-electron chi connectivity index (χ3n) is 4.74. The van der Waals surface area contributed by atoms with Crippen molar-refractivity contribution >= 4 is 5.91 Å². The average Bonchev–Trinajstić information content (AvgIpc) is 2.77. The van der Waals surface area contributed by atoms with Crippen molar-refractivity contribution in [1.82, 2.24) is 9.80 Å². The van der Waals surface area contributed by atoms with Crippen molar-refractivity contribution in [2.24, 2.45) is 0 Å². The number of hydrogen-bond acceptors (Lipinski definition) is 2. The molecule has 1 saturated heterocycles. The van der Waals surface area contributed by atoms with E-state index in [4.69, 9.17) is 0 Å². The number of carbonyl (C=O) groups excluding carboxylic acids is 1. The lowest BCUT2D eigenvalue weighted by Crippen LogP contribution is -2.33. The fourth-order valence-corrected chi connectivity index (χ4v) is 3.27. The fourth-order valence-electron chi connectivity index (χ4n) is 3.27. The first-order chi connectivity index (χ1) is 13.6. The largest absolute Gasteiger partial charge is 0.416 e. The van der Waals surface area contributed by atoms with E-state index >= 15 is 0 Å². The highest BCUT2D eigenvalue weighted by Crippen LogP contribution is 2.30. The van der Waals surface area contributed by atoms with E-state index in [2.05, 4.69) is 0 Å². The monoisotopic (exact) mass is 416 g/mol. The summed E-state index contributed by atoms with van der Waals surface area (Å²) < 4.78 is 79.3. The summed E-state index contributed by atoms with van der Waals surface area (Å²) >= 11 is 0. The lowest BCUT2D eigenvalue weighted by molar-refractivity contribution is -0.137. The minimum absolute atomic E-state index is 0.0678. The van der Waals surface area contributed by atoms with E-state index in [1.165, 1.54) is 17.0 Å². The van der Waals surface area contributed by atoms with Crippen LogP contribution < -0.4 is 0 Å². The normalized spacial score (nSPS) is 16.2. The summed E-state index contributed by atoms with van der Waals surface area (Å²) in [6.45, 7) is 0.750. The third kappa shape index (κ3) is 5.50. The van der Waals surface area contributed by atoms with Gasteiger partial charge in [0.2, 0.25) is 5.91 Å². The number of nitrogens with zero attached hydrogens (tertiary/aromatic N) is 2. The number of rotatable bonds is 4. The molecule has 3 rings (SSSR count). The van der Waals surface area contributed by atoms with Crippen molar-refractivity contribution in [3.8, 4) is 0 Å². The summed E-state index contributed by atoms with van der Waals surface area (Å²) in [6, 6.07) is 5.27. The standard InChI is InChI=1S/C20H18F6N2O/c21-16-7-13(8-17(22)10-16)11-27-4-3-19(29)28(6-5-27)12-14-9-15(20(24,25)26)1-2-18(14)23/h1-2,7-10H,3-6,11-12H2. The summed E-state index contributed by atoms with van der Waals surface area (Å²) in [5.41, 5.74) is -0.785. The second-order valence-corrected chi connectivity index (χ2v) is 6.92. The van der Waals surface area contributed by atoms with Crippen LogP contribution in [0.4, 0.5) is 26.3 Å². The molecule has 2 aromatic carbocycles. The molecule has 0 unspecified atom stereocenters. The Morgan fingerprint density at radius 3 is 2.21 bits per heavy atom. The molecular weight excluding hydrogens is 398 g/mol. The molecule has 1 heterocycles. The van der Waals surface area contributed by atoms with Gasteiger partial charge >= 0.3 is 6.18 Å². The molecule has 29 heavy (non-hydrogen) atoms. The summed E-state index contributed by atoms with van der Waals surface area (Å²) in [4.78, 5) is 15.5. The fraction of sp³-hybridized carbons (Fsp3) is 0.350. The van der Waals surface area contributed by atoms with Crippen molar-refractivity contribution in [1.29, 1.82) is 0 Å². The van der Waals surface area contributed by atoms with Gasteiger partial charge < -0.3 is 4.90 Å². The number of halogens is 6.